The van der Waals surface area contributed by atoms with Gasteiger partial charge in [0.25, 0.3) is 0 Å². The van der Waals surface area contributed by atoms with Crippen molar-refractivity contribution in [2.75, 3.05) is 36.5 Å². The van der Waals surface area contributed by atoms with E-state index in [0.29, 0.717) is 5.92 Å². The molecule has 1 N–H and O–H groups in total. The minimum absolute atomic E-state index is 0.133. The van der Waals surface area contributed by atoms with Crippen LogP contribution in [0.15, 0.2) is 0 Å². The number of nitrogens with zero attached hydrogens (tertiary/aromatic N) is 3. The SMILES string of the molecule is CCNc1nc(C(C)C)nc(N2CCOC(C)(C)C2)c1C. The van der Waals surface area contributed by atoms with Gasteiger partial charge in [0, 0.05) is 31.1 Å². The van der Waals surface area contributed by atoms with Gasteiger partial charge in [-0.25, -0.2) is 9.97 Å². The van der Waals surface area contributed by atoms with Gasteiger partial charge < -0.3 is 15.0 Å². The van der Waals surface area contributed by atoms with Gasteiger partial charge in [-0.15, -0.1) is 0 Å². The molecule has 0 radical (unpaired) electrons. The van der Waals surface area contributed by atoms with E-state index in [1.165, 1.54) is 0 Å². The van der Waals surface area contributed by atoms with Crippen LogP contribution in [0, 0.1) is 6.92 Å². The Morgan fingerprint density at radius 1 is 1.33 bits per heavy atom. The van der Waals surface area contributed by atoms with Crippen LogP contribution in [0.4, 0.5) is 11.6 Å². The van der Waals surface area contributed by atoms with Gasteiger partial charge in [-0.2, -0.15) is 0 Å². The molecular formula is C16H28N4O. The maximum atomic E-state index is 5.81. The molecule has 1 aromatic heterocycles. The summed E-state index contributed by atoms with van der Waals surface area (Å²) in [5.74, 6) is 3.21. The quantitative estimate of drug-likeness (QED) is 0.924. The van der Waals surface area contributed by atoms with Gasteiger partial charge in [-0.1, -0.05) is 13.8 Å². The Bertz CT molecular complexity index is 499. The van der Waals surface area contributed by atoms with Crippen LogP contribution in [0.3, 0.4) is 0 Å². The lowest BCUT2D eigenvalue weighted by Crippen LogP contribution is -2.49. The first-order valence-corrected chi connectivity index (χ1v) is 7.85. The highest BCUT2D eigenvalue weighted by atomic mass is 16.5. The average Bonchev–Trinajstić information content (AvgIpc) is 2.39. The summed E-state index contributed by atoms with van der Waals surface area (Å²) in [5.41, 5.74) is 0.991. The summed E-state index contributed by atoms with van der Waals surface area (Å²) in [6, 6.07) is 0. The van der Waals surface area contributed by atoms with Crippen molar-refractivity contribution in [3.05, 3.63) is 11.4 Å². The van der Waals surface area contributed by atoms with Crippen molar-refractivity contribution >= 4 is 11.6 Å². The van der Waals surface area contributed by atoms with Gasteiger partial charge >= 0.3 is 0 Å². The van der Waals surface area contributed by atoms with E-state index < -0.39 is 0 Å². The predicted octanol–water partition coefficient (Wildman–Crippen LogP) is 2.96. The summed E-state index contributed by atoms with van der Waals surface area (Å²) >= 11 is 0. The molecule has 2 rings (SSSR count). The van der Waals surface area contributed by atoms with Crippen LogP contribution in [0.25, 0.3) is 0 Å². The highest BCUT2D eigenvalue weighted by Crippen LogP contribution is 2.29. The summed E-state index contributed by atoms with van der Waals surface area (Å²) in [4.78, 5) is 11.8. The lowest BCUT2D eigenvalue weighted by molar-refractivity contribution is -0.0279. The predicted molar refractivity (Wildman–Crippen MR) is 87.3 cm³/mol. The van der Waals surface area contributed by atoms with E-state index in [9.17, 15) is 0 Å². The molecule has 0 spiro atoms. The normalized spacial score (nSPS) is 18.1. The summed E-state index contributed by atoms with van der Waals surface area (Å²) in [5, 5.41) is 3.36. The average molecular weight is 292 g/mol. The fourth-order valence-corrected chi connectivity index (χ4v) is 2.62. The molecule has 0 saturated carbocycles. The van der Waals surface area contributed by atoms with Crippen molar-refractivity contribution < 1.29 is 4.74 Å². The topological polar surface area (TPSA) is 50.3 Å². The van der Waals surface area contributed by atoms with Gasteiger partial charge in [0.2, 0.25) is 0 Å². The fraction of sp³-hybridized carbons (Fsp3) is 0.750. The molecular weight excluding hydrogens is 264 g/mol. The molecule has 2 heterocycles. The zero-order valence-corrected chi connectivity index (χ0v) is 14.2. The number of hydrogen-bond acceptors (Lipinski definition) is 5. The Kier molecular flexibility index (Phi) is 4.71. The molecule has 5 nitrogen and oxygen atoms in total. The van der Waals surface area contributed by atoms with Gasteiger partial charge in [0.05, 0.1) is 12.2 Å². The molecule has 0 aromatic carbocycles. The standard InChI is InChI=1S/C16H28N4O/c1-7-17-14-12(4)15(19-13(18-14)11(2)3)20-8-9-21-16(5,6)10-20/h11H,7-10H2,1-6H3,(H,17,18,19). The Balaban J connectivity index is 2.41. The molecule has 1 aliphatic rings. The van der Waals surface area contributed by atoms with E-state index in [1.807, 2.05) is 0 Å². The summed E-state index contributed by atoms with van der Waals surface area (Å²) in [7, 11) is 0. The van der Waals surface area contributed by atoms with Crippen molar-refractivity contribution in [2.24, 2.45) is 0 Å². The molecule has 0 atom stereocenters. The number of morpholine rings is 1. The van der Waals surface area contributed by atoms with E-state index in [4.69, 9.17) is 9.72 Å². The molecule has 0 bridgehead atoms. The lowest BCUT2D eigenvalue weighted by Gasteiger charge is -2.39. The van der Waals surface area contributed by atoms with Crippen LogP contribution in [0.2, 0.25) is 0 Å². The molecule has 1 aromatic rings. The number of rotatable bonds is 4. The highest BCUT2D eigenvalue weighted by molar-refractivity contribution is 5.59. The Morgan fingerprint density at radius 3 is 2.62 bits per heavy atom. The fourth-order valence-electron chi connectivity index (χ4n) is 2.62. The van der Waals surface area contributed by atoms with Crippen molar-refractivity contribution in [3.8, 4) is 0 Å². The Hall–Kier alpha value is -1.36. The minimum atomic E-state index is -0.133. The number of anilines is 2. The minimum Gasteiger partial charge on any atom is -0.372 e. The molecule has 118 valence electrons. The Labute approximate surface area is 128 Å². The van der Waals surface area contributed by atoms with Gasteiger partial charge in [0.15, 0.2) is 0 Å². The lowest BCUT2D eigenvalue weighted by atomic mass is 10.1. The first-order chi connectivity index (χ1) is 9.84. The smallest absolute Gasteiger partial charge is 0.137 e. The summed E-state index contributed by atoms with van der Waals surface area (Å²) in [6.45, 7) is 16.1. The molecule has 0 unspecified atom stereocenters. The van der Waals surface area contributed by atoms with E-state index in [0.717, 1.165) is 49.3 Å². The molecule has 21 heavy (non-hydrogen) atoms. The van der Waals surface area contributed by atoms with Gasteiger partial charge in [-0.3, -0.25) is 0 Å². The van der Waals surface area contributed by atoms with E-state index in [-0.39, 0.29) is 5.60 Å². The van der Waals surface area contributed by atoms with Crippen LogP contribution in [0.1, 0.15) is 51.9 Å². The van der Waals surface area contributed by atoms with Crippen LogP contribution >= 0.6 is 0 Å². The number of hydrogen-bond donors (Lipinski definition) is 1. The third kappa shape index (κ3) is 3.64. The van der Waals surface area contributed by atoms with Crippen molar-refractivity contribution in [2.45, 2.75) is 53.1 Å². The first kappa shape index (κ1) is 16.0. The van der Waals surface area contributed by atoms with E-state index in [2.05, 4.69) is 56.7 Å². The largest absolute Gasteiger partial charge is 0.372 e. The second-order valence-corrected chi connectivity index (χ2v) is 6.59. The third-order valence-electron chi connectivity index (χ3n) is 3.72. The molecule has 0 amide bonds. The van der Waals surface area contributed by atoms with Crippen molar-refractivity contribution in [3.63, 3.8) is 0 Å². The number of aromatic nitrogens is 2. The zero-order chi connectivity index (χ0) is 15.6. The van der Waals surface area contributed by atoms with E-state index >= 15 is 0 Å². The Morgan fingerprint density at radius 2 is 2.05 bits per heavy atom. The maximum Gasteiger partial charge on any atom is 0.137 e. The molecule has 1 fully saturated rings. The third-order valence-corrected chi connectivity index (χ3v) is 3.72. The molecule has 5 heteroatoms. The second-order valence-electron chi connectivity index (χ2n) is 6.59. The maximum absolute atomic E-state index is 5.81. The molecule has 1 saturated heterocycles. The highest BCUT2D eigenvalue weighted by Gasteiger charge is 2.29. The second kappa shape index (κ2) is 6.18. The van der Waals surface area contributed by atoms with Crippen LogP contribution in [-0.2, 0) is 4.74 Å². The van der Waals surface area contributed by atoms with Gasteiger partial charge in [-0.05, 0) is 27.7 Å². The summed E-state index contributed by atoms with van der Waals surface area (Å²) < 4.78 is 5.81. The van der Waals surface area contributed by atoms with E-state index in [1.54, 1.807) is 0 Å². The molecule has 0 aliphatic carbocycles. The number of ether oxygens (including phenoxy) is 1. The summed E-state index contributed by atoms with van der Waals surface area (Å²) in [6.07, 6.45) is 0. The van der Waals surface area contributed by atoms with Crippen LogP contribution in [0.5, 0.6) is 0 Å². The monoisotopic (exact) mass is 292 g/mol. The van der Waals surface area contributed by atoms with Crippen LogP contribution in [-0.4, -0.2) is 41.8 Å². The van der Waals surface area contributed by atoms with Crippen molar-refractivity contribution in [1.82, 2.24) is 9.97 Å². The van der Waals surface area contributed by atoms with Gasteiger partial charge in [0.1, 0.15) is 17.5 Å². The number of nitrogens with one attached hydrogen (secondary N) is 1. The zero-order valence-electron chi connectivity index (χ0n) is 14.2. The van der Waals surface area contributed by atoms with Crippen molar-refractivity contribution in [1.29, 1.82) is 0 Å². The van der Waals surface area contributed by atoms with Crippen LogP contribution < -0.4 is 10.2 Å². The first-order valence-electron chi connectivity index (χ1n) is 7.85. The molecule has 1 aliphatic heterocycles.